The van der Waals surface area contributed by atoms with Crippen molar-refractivity contribution in [1.29, 1.82) is 0 Å². The first-order valence-corrected chi connectivity index (χ1v) is 8.73. The van der Waals surface area contributed by atoms with E-state index in [1.807, 2.05) is 0 Å². The van der Waals surface area contributed by atoms with Gasteiger partial charge >= 0.3 is 6.18 Å². The minimum Gasteiger partial charge on any atom is -0.345 e. The fourth-order valence-corrected chi connectivity index (χ4v) is 2.97. The lowest BCUT2D eigenvalue weighted by atomic mass is 9.97. The fraction of sp³-hybridized carbons (Fsp3) is 0.100. The number of carbonyl (C=O) groups is 1. The third-order valence-corrected chi connectivity index (χ3v) is 4.38. The van der Waals surface area contributed by atoms with Gasteiger partial charge in [0.2, 0.25) is 0 Å². The van der Waals surface area contributed by atoms with E-state index >= 15 is 0 Å². The topological polar surface area (TPSA) is 72.2 Å². The summed E-state index contributed by atoms with van der Waals surface area (Å²) in [7, 11) is 0. The van der Waals surface area contributed by atoms with Gasteiger partial charge in [-0.3, -0.25) is 4.79 Å². The van der Waals surface area contributed by atoms with Gasteiger partial charge in [-0.05, 0) is 47.5 Å². The lowest BCUT2D eigenvalue weighted by molar-refractivity contribution is -0.137. The first kappa shape index (κ1) is 19.5. The third kappa shape index (κ3) is 3.84. The zero-order valence-corrected chi connectivity index (χ0v) is 15.2. The van der Waals surface area contributed by atoms with E-state index in [1.54, 1.807) is 12.1 Å². The van der Waals surface area contributed by atoms with Crippen LogP contribution in [0.5, 0.6) is 0 Å². The van der Waals surface area contributed by atoms with Crippen molar-refractivity contribution in [2.24, 2.45) is 0 Å². The van der Waals surface area contributed by atoms with Gasteiger partial charge < -0.3 is 5.32 Å². The maximum atomic E-state index is 13.8. The molecular weight excluding hydrogens is 402 g/mol. The number of hydrogen-bond acceptors (Lipinski definition) is 4. The normalized spacial score (nSPS) is 11.6. The predicted octanol–water partition coefficient (Wildman–Crippen LogP) is 3.88. The second-order valence-corrected chi connectivity index (χ2v) is 6.36. The molecule has 1 N–H and O–H groups in total. The Morgan fingerprint density at radius 1 is 1.03 bits per heavy atom. The van der Waals surface area contributed by atoms with Crippen LogP contribution in [0.4, 0.5) is 17.6 Å². The third-order valence-electron chi connectivity index (χ3n) is 4.38. The van der Waals surface area contributed by atoms with Gasteiger partial charge in [-0.2, -0.15) is 22.8 Å². The van der Waals surface area contributed by atoms with E-state index in [2.05, 4.69) is 20.6 Å². The summed E-state index contributed by atoms with van der Waals surface area (Å²) < 4.78 is 54.4. The van der Waals surface area contributed by atoms with Crippen molar-refractivity contribution in [3.63, 3.8) is 0 Å². The Morgan fingerprint density at radius 3 is 2.67 bits per heavy atom. The summed E-state index contributed by atoms with van der Waals surface area (Å²) in [5, 5.41) is 14.5. The molecule has 2 aromatic heterocycles. The number of halogens is 4. The molecule has 6 nitrogen and oxygen atoms in total. The molecule has 0 unspecified atom stereocenters. The highest BCUT2D eigenvalue weighted by Crippen LogP contribution is 2.33. The summed E-state index contributed by atoms with van der Waals surface area (Å²) in [5.41, 5.74) is -0.168. The largest absolute Gasteiger partial charge is 0.416 e. The van der Waals surface area contributed by atoms with Crippen LogP contribution in [0.25, 0.3) is 16.8 Å². The molecule has 0 radical (unpaired) electrons. The molecule has 0 atom stereocenters. The monoisotopic (exact) mass is 415 g/mol. The maximum absolute atomic E-state index is 13.8. The first-order valence-electron chi connectivity index (χ1n) is 8.73. The summed E-state index contributed by atoms with van der Waals surface area (Å²) in [6.45, 7) is -0.0600. The SMILES string of the molecule is O=C(NCc1nnc2cccnn12)c1cc(F)ccc1-c1cccc(C(F)(F)F)c1. The van der Waals surface area contributed by atoms with E-state index in [-0.39, 0.29) is 23.2 Å². The number of rotatable bonds is 4. The Hall–Kier alpha value is -3.82. The molecule has 0 aliphatic carbocycles. The number of nitrogens with one attached hydrogen (secondary N) is 1. The van der Waals surface area contributed by atoms with E-state index < -0.39 is 23.5 Å². The van der Waals surface area contributed by atoms with Crippen LogP contribution in [-0.4, -0.2) is 25.7 Å². The Bertz CT molecular complexity index is 1240. The number of nitrogens with zero attached hydrogens (tertiary/aromatic N) is 4. The van der Waals surface area contributed by atoms with Crippen LogP contribution in [0.3, 0.4) is 0 Å². The molecule has 0 fully saturated rings. The number of fused-ring (bicyclic) bond motifs is 1. The Labute approximate surface area is 167 Å². The fourth-order valence-electron chi connectivity index (χ4n) is 2.97. The Morgan fingerprint density at radius 2 is 1.87 bits per heavy atom. The minimum absolute atomic E-state index is 0.0600. The summed E-state index contributed by atoms with van der Waals surface area (Å²) >= 11 is 0. The quantitative estimate of drug-likeness (QED) is 0.514. The van der Waals surface area contributed by atoms with E-state index in [4.69, 9.17) is 0 Å². The Kier molecular flexibility index (Phi) is 4.90. The summed E-state index contributed by atoms with van der Waals surface area (Å²) in [6, 6.07) is 11.2. The van der Waals surface area contributed by atoms with E-state index in [0.29, 0.717) is 11.5 Å². The molecule has 4 rings (SSSR count). The smallest absolute Gasteiger partial charge is 0.345 e. The van der Waals surface area contributed by atoms with Gasteiger partial charge in [0.15, 0.2) is 11.5 Å². The van der Waals surface area contributed by atoms with Gasteiger partial charge in [0, 0.05) is 6.20 Å². The van der Waals surface area contributed by atoms with Gasteiger partial charge in [-0.1, -0.05) is 18.2 Å². The van der Waals surface area contributed by atoms with Crippen molar-refractivity contribution in [2.45, 2.75) is 12.7 Å². The number of carbonyl (C=O) groups excluding carboxylic acids is 1. The van der Waals surface area contributed by atoms with Crippen LogP contribution in [-0.2, 0) is 12.7 Å². The van der Waals surface area contributed by atoms with Gasteiger partial charge in [0.05, 0.1) is 17.7 Å². The van der Waals surface area contributed by atoms with Crippen LogP contribution in [0.2, 0.25) is 0 Å². The zero-order chi connectivity index (χ0) is 21.3. The highest BCUT2D eigenvalue weighted by molar-refractivity contribution is 6.00. The first-order chi connectivity index (χ1) is 14.3. The number of aromatic nitrogens is 4. The average Bonchev–Trinajstić information content (AvgIpc) is 3.14. The number of hydrogen-bond donors (Lipinski definition) is 1. The molecule has 0 saturated heterocycles. The van der Waals surface area contributed by atoms with Crippen LogP contribution in [0.15, 0.2) is 60.8 Å². The number of amides is 1. The van der Waals surface area contributed by atoms with Crippen molar-refractivity contribution in [3.05, 3.63) is 83.6 Å². The zero-order valence-electron chi connectivity index (χ0n) is 15.2. The molecule has 0 saturated carbocycles. The van der Waals surface area contributed by atoms with E-state index in [1.165, 1.54) is 28.9 Å². The minimum atomic E-state index is -4.54. The molecule has 0 aliphatic rings. The van der Waals surface area contributed by atoms with Crippen LogP contribution in [0.1, 0.15) is 21.7 Å². The van der Waals surface area contributed by atoms with Crippen molar-refractivity contribution < 1.29 is 22.4 Å². The van der Waals surface area contributed by atoms with E-state index in [0.717, 1.165) is 24.3 Å². The molecule has 4 aromatic rings. The van der Waals surface area contributed by atoms with Gasteiger partial charge in [0.25, 0.3) is 5.91 Å². The van der Waals surface area contributed by atoms with Crippen LogP contribution < -0.4 is 5.32 Å². The lowest BCUT2D eigenvalue weighted by Gasteiger charge is -2.13. The highest BCUT2D eigenvalue weighted by atomic mass is 19.4. The summed E-state index contributed by atoms with van der Waals surface area (Å²) in [4.78, 5) is 12.7. The Balaban J connectivity index is 1.64. The molecular formula is C20H13F4N5O. The van der Waals surface area contributed by atoms with Crippen molar-refractivity contribution in [3.8, 4) is 11.1 Å². The summed E-state index contributed by atoms with van der Waals surface area (Å²) in [6.07, 6.45) is -3.01. The van der Waals surface area contributed by atoms with Gasteiger partial charge in [-0.15, -0.1) is 10.2 Å². The molecule has 0 spiro atoms. The second-order valence-electron chi connectivity index (χ2n) is 6.36. The standard InChI is InChI=1S/C20H13F4N5O/c21-14-6-7-15(12-3-1-4-13(9-12)20(22,23)24)16(10-14)19(30)25-11-18-28-27-17-5-2-8-26-29(17)18/h1-10H,11H2,(H,25,30). The maximum Gasteiger partial charge on any atom is 0.416 e. The van der Waals surface area contributed by atoms with Crippen molar-refractivity contribution in [1.82, 2.24) is 25.1 Å². The molecule has 2 heterocycles. The lowest BCUT2D eigenvalue weighted by Crippen LogP contribution is -2.25. The van der Waals surface area contributed by atoms with Crippen molar-refractivity contribution in [2.75, 3.05) is 0 Å². The summed E-state index contributed by atoms with van der Waals surface area (Å²) in [5.74, 6) is -1.02. The molecule has 0 bridgehead atoms. The van der Waals surface area contributed by atoms with Crippen molar-refractivity contribution >= 4 is 11.6 Å². The van der Waals surface area contributed by atoms with Crippen LogP contribution in [0, 0.1) is 5.82 Å². The predicted molar refractivity (Wildman–Crippen MR) is 98.8 cm³/mol. The van der Waals surface area contributed by atoms with Gasteiger partial charge in [0.1, 0.15) is 5.82 Å². The molecule has 2 aromatic carbocycles. The molecule has 10 heteroatoms. The molecule has 1 amide bonds. The molecule has 152 valence electrons. The van der Waals surface area contributed by atoms with Crippen LogP contribution >= 0.6 is 0 Å². The van der Waals surface area contributed by atoms with Gasteiger partial charge in [-0.25, -0.2) is 4.39 Å². The molecule has 30 heavy (non-hydrogen) atoms. The number of benzene rings is 2. The second kappa shape index (κ2) is 7.54. The molecule has 0 aliphatic heterocycles. The van der Waals surface area contributed by atoms with E-state index in [9.17, 15) is 22.4 Å². The number of alkyl halides is 3. The highest BCUT2D eigenvalue weighted by Gasteiger charge is 2.30. The average molecular weight is 415 g/mol.